The van der Waals surface area contributed by atoms with Crippen LogP contribution in [0.3, 0.4) is 0 Å². The van der Waals surface area contributed by atoms with Crippen LogP contribution in [0.5, 0.6) is 23.0 Å². The molecular weight excluding hydrogens is 480 g/mol. The molecule has 0 aliphatic heterocycles. The first-order valence-electron chi connectivity index (χ1n) is 10.2. The summed E-state index contributed by atoms with van der Waals surface area (Å²) in [5.74, 6) is 1.65. The Morgan fingerprint density at radius 1 is 0.971 bits per heavy atom. The van der Waals surface area contributed by atoms with Gasteiger partial charge in [0.2, 0.25) is 10.0 Å². The minimum Gasteiger partial charge on any atom is -0.497 e. The van der Waals surface area contributed by atoms with Crippen LogP contribution in [0, 0.1) is 0 Å². The summed E-state index contributed by atoms with van der Waals surface area (Å²) in [6.45, 7) is 1.60. The number of halogens is 1. The number of ether oxygens (including phenoxy) is 3. The van der Waals surface area contributed by atoms with Gasteiger partial charge in [0.15, 0.2) is 11.9 Å². The van der Waals surface area contributed by atoms with Crippen LogP contribution in [-0.2, 0) is 14.8 Å². The van der Waals surface area contributed by atoms with Crippen molar-refractivity contribution in [2.24, 2.45) is 0 Å². The Labute approximate surface area is 204 Å². The summed E-state index contributed by atoms with van der Waals surface area (Å²) in [7, 11) is -0.340. The van der Waals surface area contributed by atoms with E-state index >= 15 is 0 Å². The van der Waals surface area contributed by atoms with E-state index < -0.39 is 22.0 Å². The fraction of sp³-hybridized carbons (Fsp3) is 0.208. The van der Waals surface area contributed by atoms with Crippen LogP contribution >= 0.6 is 11.6 Å². The summed E-state index contributed by atoms with van der Waals surface area (Å²) < 4.78 is 41.3. The van der Waals surface area contributed by atoms with Crippen LogP contribution in [0.4, 0.5) is 11.4 Å². The molecule has 1 N–H and O–H groups in total. The second-order valence-corrected chi connectivity index (χ2v) is 9.84. The van der Waals surface area contributed by atoms with E-state index in [2.05, 4.69) is 5.32 Å². The molecule has 0 saturated carbocycles. The Morgan fingerprint density at radius 2 is 1.56 bits per heavy atom. The van der Waals surface area contributed by atoms with E-state index in [1.54, 1.807) is 80.8 Å². The molecular formula is C24H25ClN2O6S. The summed E-state index contributed by atoms with van der Waals surface area (Å²) >= 11 is 6.12. The minimum absolute atomic E-state index is 0.383. The monoisotopic (exact) mass is 504 g/mol. The Balaban J connectivity index is 1.69. The maximum absolute atomic E-state index is 12.8. The summed E-state index contributed by atoms with van der Waals surface area (Å²) in [5, 5.41) is 3.21. The number of hydrogen-bond donors (Lipinski definition) is 1. The minimum atomic E-state index is -3.37. The quantitative estimate of drug-likeness (QED) is 0.443. The highest BCUT2D eigenvalue weighted by Gasteiger charge is 2.18. The third-order valence-electron chi connectivity index (χ3n) is 4.87. The zero-order valence-corrected chi connectivity index (χ0v) is 20.7. The van der Waals surface area contributed by atoms with Gasteiger partial charge in [0.05, 0.1) is 24.7 Å². The van der Waals surface area contributed by atoms with E-state index in [-0.39, 0.29) is 0 Å². The first-order valence-corrected chi connectivity index (χ1v) is 12.4. The number of carbonyl (C=O) groups is 1. The van der Waals surface area contributed by atoms with Crippen molar-refractivity contribution in [2.45, 2.75) is 13.0 Å². The topological polar surface area (TPSA) is 94.2 Å². The number of anilines is 2. The third-order valence-corrected chi connectivity index (χ3v) is 6.31. The number of nitrogens with one attached hydrogen (secondary N) is 1. The van der Waals surface area contributed by atoms with E-state index in [4.69, 9.17) is 25.8 Å². The molecule has 0 saturated heterocycles. The van der Waals surface area contributed by atoms with Crippen LogP contribution in [0.1, 0.15) is 6.92 Å². The molecule has 3 rings (SSSR count). The van der Waals surface area contributed by atoms with Gasteiger partial charge in [-0.05, 0) is 73.7 Å². The second kappa shape index (κ2) is 10.7. The number of rotatable bonds is 9. The van der Waals surface area contributed by atoms with Crippen LogP contribution in [-0.4, -0.2) is 40.8 Å². The number of benzene rings is 3. The maximum atomic E-state index is 12.8. The van der Waals surface area contributed by atoms with Crippen molar-refractivity contribution in [3.8, 4) is 23.0 Å². The fourth-order valence-corrected chi connectivity index (χ4v) is 3.55. The van der Waals surface area contributed by atoms with Crippen LogP contribution in [0.2, 0.25) is 5.02 Å². The highest BCUT2D eigenvalue weighted by Crippen LogP contribution is 2.33. The van der Waals surface area contributed by atoms with E-state index in [9.17, 15) is 13.2 Å². The lowest BCUT2D eigenvalue weighted by molar-refractivity contribution is -0.122. The normalized spacial score (nSPS) is 11.9. The Hall–Kier alpha value is -3.43. The number of sulfonamides is 1. The summed E-state index contributed by atoms with van der Waals surface area (Å²) in [5.41, 5.74) is 0.861. The molecule has 1 amide bonds. The third kappa shape index (κ3) is 6.55. The number of hydrogen-bond acceptors (Lipinski definition) is 6. The molecule has 0 bridgehead atoms. The molecule has 0 radical (unpaired) electrons. The summed E-state index contributed by atoms with van der Waals surface area (Å²) in [6, 6.07) is 18.3. The molecule has 180 valence electrons. The standard InChI is InChI=1S/C24H25ClN2O6S/c1-16(32-20-8-6-18(7-9-20)27(2)34(4,29)30)24(28)26-22-15-17(25)5-14-23(22)33-21-12-10-19(31-3)11-13-21/h5-16H,1-4H3,(H,26,28)/t16-/m1/s1. The van der Waals surface area contributed by atoms with Crippen molar-refractivity contribution in [3.05, 3.63) is 71.8 Å². The van der Waals surface area contributed by atoms with Crippen molar-refractivity contribution < 1.29 is 27.4 Å². The Kier molecular flexibility index (Phi) is 7.90. The molecule has 0 fully saturated rings. The lowest BCUT2D eigenvalue weighted by Gasteiger charge is -2.19. The average Bonchev–Trinajstić information content (AvgIpc) is 2.80. The zero-order valence-electron chi connectivity index (χ0n) is 19.1. The van der Waals surface area contributed by atoms with Gasteiger partial charge < -0.3 is 19.5 Å². The average molecular weight is 505 g/mol. The van der Waals surface area contributed by atoms with E-state index in [0.717, 1.165) is 10.6 Å². The first kappa shape index (κ1) is 25.2. The predicted octanol–water partition coefficient (Wildman–Crippen LogP) is 4.94. The van der Waals surface area contributed by atoms with Gasteiger partial charge in [-0.1, -0.05) is 11.6 Å². The number of methoxy groups -OCH3 is 1. The van der Waals surface area contributed by atoms with Crippen molar-refractivity contribution in [1.29, 1.82) is 0 Å². The van der Waals surface area contributed by atoms with Gasteiger partial charge >= 0.3 is 0 Å². The molecule has 3 aromatic carbocycles. The molecule has 0 aliphatic rings. The van der Waals surface area contributed by atoms with Crippen molar-refractivity contribution >= 4 is 38.9 Å². The van der Waals surface area contributed by atoms with Gasteiger partial charge in [0, 0.05) is 12.1 Å². The molecule has 1 atom stereocenters. The van der Waals surface area contributed by atoms with Crippen LogP contribution < -0.4 is 23.8 Å². The fourth-order valence-electron chi connectivity index (χ4n) is 2.88. The molecule has 0 heterocycles. The first-order chi connectivity index (χ1) is 16.1. The maximum Gasteiger partial charge on any atom is 0.265 e. The lowest BCUT2D eigenvalue weighted by Crippen LogP contribution is -2.30. The van der Waals surface area contributed by atoms with Gasteiger partial charge in [0.25, 0.3) is 5.91 Å². The molecule has 0 aliphatic carbocycles. The van der Waals surface area contributed by atoms with Crippen molar-refractivity contribution in [2.75, 3.05) is 30.0 Å². The molecule has 0 aromatic heterocycles. The van der Waals surface area contributed by atoms with Gasteiger partial charge in [0.1, 0.15) is 17.2 Å². The molecule has 0 spiro atoms. The molecule has 8 nitrogen and oxygen atoms in total. The Bertz CT molecular complexity index is 1250. The van der Waals surface area contributed by atoms with Gasteiger partial charge in [-0.25, -0.2) is 8.42 Å². The summed E-state index contributed by atoms with van der Waals surface area (Å²) in [4.78, 5) is 12.8. The highest BCUT2D eigenvalue weighted by atomic mass is 35.5. The predicted molar refractivity (Wildman–Crippen MR) is 133 cm³/mol. The van der Waals surface area contributed by atoms with Gasteiger partial charge in [-0.15, -0.1) is 0 Å². The van der Waals surface area contributed by atoms with Crippen LogP contribution in [0.15, 0.2) is 66.7 Å². The summed E-state index contributed by atoms with van der Waals surface area (Å²) in [6.07, 6.45) is 0.262. The van der Waals surface area contributed by atoms with Crippen LogP contribution in [0.25, 0.3) is 0 Å². The zero-order chi connectivity index (χ0) is 24.9. The van der Waals surface area contributed by atoms with E-state index in [0.29, 0.717) is 39.4 Å². The molecule has 0 unspecified atom stereocenters. The van der Waals surface area contributed by atoms with Crippen molar-refractivity contribution in [3.63, 3.8) is 0 Å². The van der Waals surface area contributed by atoms with E-state index in [1.165, 1.54) is 7.05 Å². The Morgan fingerprint density at radius 3 is 2.15 bits per heavy atom. The molecule has 34 heavy (non-hydrogen) atoms. The van der Waals surface area contributed by atoms with Gasteiger partial charge in [-0.3, -0.25) is 9.10 Å². The SMILES string of the molecule is COc1ccc(Oc2ccc(Cl)cc2NC(=O)[C@@H](C)Oc2ccc(N(C)S(C)(=O)=O)cc2)cc1. The smallest absolute Gasteiger partial charge is 0.265 e. The lowest BCUT2D eigenvalue weighted by atomic mass is 10.2. The number of amides is 1. The second-order valence-electron chi connectivity index (χ2n) is 7.39. The molecule has 10 heteroatoms. The van der Waals surface area contributed by atoms with E-state index in [1.807, 2.05) is 0 Å². The number of carbonyl (C=O) groups excluding carboxylic acids is 1. The number of nitrogens with zero attached hydrogens (tertiary/aromatic N) is 1. The van der Waals surface area contributed by atoms with Gasteiger partial charge in [-0.2, -0.15) is 0 Å². The highest BCUT2D eigenvalue weighted by molar-refractivity contribution is 7.92. The largest absolute Gasteiger partial charge is 0.497 e. The van der Waals surface area contributed by atoms with Crippen molar-refractivity contribution in [1.82, 2.24) is 0 Å². The molecule has 3 aromatic rings.